The van der Waals surface area contributed by atoms with Gasteiger partial charge >= 0.3 is 12.0 Å². The topological polar surface area (TPSA) is 96.7 Å². The highest BCUT2D eigenvalue weighted by Crippen LogP contribution is 2.14. The first kappa shape index (κ1) is 13.3. The average molecular weight is 268 g/mol. The van der Waals surface area contributed by atoms with Gasteiger partial charge in [-0.25, -0.2) is 4.79 Å². The Labute approximate surface area is 109 Å². The van der Waals surface area contributed by atoms with Gasteiger partial charge < -0.3 is 20.1 Å². The summed E-state index contributed by atoms with van der Waals surface area (Å²) in [5, 5.41) is 15.1. The van der Waals surface area contributed by atoms with E-state index < -0.39 is 5.97 Å². The van der Waals surface area contributed by atoms with Crippen molar-refractivity contribution >= 4 is 17.7 Å². The van der Waals surface area contributed by atoms with Crippen molar-refractivity contribution in [3.8, 4) is 0 Å². The van der Waals surface area contributed by atoms with Gasteiger partial charge in [-0.1, -0.05) is 0 Å². The fraction of sp³-hybridized carbons (Fsp3) is 0.545. The Morgan fingerprint density at radius 1 is 1.63 bits per heavy atom. The zero-order chi connectivity index (χ0) is 13.8. The van der Waals surface area contributed by atoms with Crippen molar-refractivity contribution < 1.29 is 19.4 Å². The Kier molecular flexibility index (Phi) is 4.00. The molecule has 0 aromatic carbocycles. The summed E-state index contributed by atoms with van der Waals surface area (Å²) in [6, 6.07) is -0.227. The summed E-state index contributed by atoms with van der Waals surface area (Å²) in [5.41, 5.74) is 0.479. The Morgan fingerprint density at radius 3 is 3.05 bits per heavy atom. The molecule has 1 fully saturated rings. The van der Waals surface area contributed by atoms with E-state index in [-0.39, 0.29) is 18.7 Å². The molecule has 1 aliphatic rings. The third-order valence-corrected chi connectivity index (χ3v) is 2.95. The summed E-state index contributed by atoms with van der Waals surface area (Å²) >= 11 is 0. The molecule has 1 atom stereocenters. The number of aliphatic carboxylic acids is 1. The third-order valence-electron chi connectivity index (χ3n) is 2.95. The number of hydrogen-bond donors (Lipinski definition) is 2. The molecule has 2 rings (SSSR count). The van der Waals surface area contributed by atoms with E-state index >= 15 is 0 Å². The number of ether oxygens (including phenoxy) is 1. The predicted molar refractivity (Wildman–Crippen MR) is 65.9 cm³/mol. The normalized spacial score (nSPS) is 18.6. The van der Waals surface area contributed by atoms with E-state index in [1.165, 1.54) is 17.1 Å². The quantitative estimate of drug-likeness (QED) is 0.814. The molecule has 8 heteroatoms. The van der Waals surface area contributed by atoms with Gasteiger partial charge in [-0.05, 0) is 6.42 Å². The van der Waals surface area contributed by atoms with Crippen molar-refractivity contribution in [2.45, 2.75) is 19.1 Å². The fourth-order valence-corrected chi connectivity index (χ4v) is 1.96. The summed E-state index contributed by atoms with van der Waals surface area (Å²) in [5.74, 6) is -0.983. The van der Waals surface area contributed by atoms with Crippen molar-refractivity contribution in [1.82, 2.24) is 14.7 Å². The van der Waals surface area contributed by atoms with Crippen LogP contribution >= 0.6 is 0 Å². The predicted octanol–water partition coefficient (Wildman–Crippen LogP) is 0.220. The van der Waals surface area contributed by atoms with Gasteiger partial charge in [0.15, 0.2) is 0 Å². The minimum atomic E-state index is -0.983. The molecular formula is C11H16N4O4. The van der Waals surface area contributed by atoms with Crippen LogP contribution in [0.25, 0.3) is 0 Å². The van der Waals surface area contributed by atoms with Gasteiger partial charge in [-0.3, -0.25) is 9.48 Å². The number of carboxylic acids is 1. The van der Waals surface area contributed by atoms with Gasteiger partial charge in [-0.2, -0.15) is 5.10 Å². The van der Waals surface area contributed by atoms with Gasteiger partial charge in [0, 0.05) is 26.4 Å². The number of carbonyl (C=O) groups excluding carboxylic acids is 1. The number of urea groups is 1. The second kappa shape index (κ2) is 5.70. The first-order valence-corrected chi connectivity index (χ1v) is 5.91. The summed E-state index contributed by atoms with van der Waals surface area (Å²) in [4.78, 5) is 24.1. The van der Waals surface area contributed by atoms with Crippen molar-refractivity contribution in [2.75, 3.05) is 25.5 Å². The molecule has 0 aliphatic carbocycles. The van der Waals surface area contributed by atoms with Gasteiger partial charge in [0.25, 0.3) is 0 Å². The lowest BCUT2D eigenvalue weighted by molar-refractivity contribution is -0.137. The smallest absolute Gasteiger partial charge is 0.325 e. The fourth-order valence-electron chi connectivity index (χ4n) is 1.96. The van der Waals surface area contributed by atoms with Crippen molar-refractivity contribution in [2.24, 2.45) is 0 Å². The maximum atomic E-state index is 11.9. The number of carboxylic acid groups (broad SMARTS) is 1. The van der Waals surface area contributed by atoms with Crippen LogP contribution in [0.5, 0.6) is 0 Å². The monoisotopic (exact) mass is 268 g/mol. The number of amides is 2. The van der Waals surface area contributed by atoms with E-state index in [1.807, 2.05) is 0 Å². The van der Waals surface area contributed by atoms with E-state index in [0.29, 0.717) is 18.8 Å². The van der Waals surface area contributed by atoms with E-state index in [4.69, 9.17) is 9.84 Å². The molecule has 1 aromatic heterocycles. The number of methoxy groups -OCH3 is 1. The van der Waals surface area contributed by atoms with Crippen LogP contribution in [0.3, 0.4) is 0 Å². The summed E-state index contributed by atoms with van der Waals surface area (Å²) in [6.45, 7) is 0.977. The van der Waals surface area contributed by atoms with Crippen LogP contribution in [0.4, 0.5) is 10.5 Å². The van der Waals surface area contributed by atoms with Crippen molar-refractivity contribution in [3.05, 3.63) is 12.4 Å². The van der Waals surface area contributed by atoms with Crippen LogP contribution in [0, 0.1) is 0 Å². The summed E-state index contributed by atoms with van der Waals surface area (Å²) < 4.78 is 6.44. The van der Waals surface area contributed by atoms with Gasteiger partial charge in [0.2, 0.25) is 0 Å². The lowest BCUT2D eigenvalue weighted by Gasteiger charge is -2.16. The number of hydrogen-bond acceptors (Lipinski definition) is 4. The molecule has 8 nitrogen and oxygen atoms in total. The second-order valence-electron chi connectivity index (χ2n) is 4.34. The molecule has 0 spiro atoms. The molecular weight excluding hydrogens is 252 g/mol. The first-order chi connectivity index (χ1) is 9.08. The molecule has 2 N–H and O–H groups in total. The van der Waals surface area contributed by atoms with Crippen LogP contribution < -0.4 is 5.32 Å². The highest BCUT2D eigenvalue weighted by Gasteiger charge is 2.26. The number of rotatable bonds is 4. The van der Waals surface area contributed by atoms with Crippen LogP contribution in [0.15, 0.2) is 12.4 Å². The van der Waals surface area contributed by atoms with E-state index in [1.54, 1.807) is 12.0 Å². The van der Waals surface area contributed by atoms with Gasteiger partial charge in [0.1, 0.15) is 6.54 Å². The molecule has 1 aliphatic heterocycles. The number of nitrogens with zero attached hydrogens (tertiary/aromatic N) is 3. The Morgan fingerprint density at radius 2 is 2.42 bits per heavy atom. The van der Waals surface area contributed by atoms with Gasteiger partial charge in [-0.15, -0.1) is 0 Å². The van der Waals surface area contributed by atoms with Crippen LogP contribution in [-0.4, -0.2) is 58.1 Å². The Balaban J connectivity index is 1.88. The maximum Gasteiger partial charge on any atom is 0.325 e. The molecule has 19 heavy (non-hydrogen) atoms. The molecule has 1 aromatic rings. The van der Waals surface area contributed by atoms with E-state index in [9.17, 15) is 9.59 Å². The van der Waals surface area contributed by atoms with Crippen molar-refractivity contribution in [1.29, 1.82) is 0 Å². The highest BCUT2D eigenvalue weighted by molar-refractivity contribution is 5.89. The lowest BCUT2D eigenvalue weighted by Crippen LogP contribution is -2.33. The molecule has 0 bridgehead atoms. The number of anilines is 1. The zero-order valence-electron chi connectivity index (χ0n) is 10.6. The number of likely N-dealkylation sites (tertiary alicyclic amines) is 1. The Hall–Kier alpha value is -2.09. The van der Waals surface area contributed by atoms with Crippen molar-refractivity contribution in [3.63, 3.8) is 0 Å². The zero-order valence-corrected chi connectivity index (χ0v) is 10.6. The number of carbonyl (C=O) groups is 2. The molecule has 0 radical (unpaired) electrons. The number of nitrogens with one attached hydrogen (secondary N) is 1. The largest absolute Gasteiger partial charge is 0.480 e. The first-order valence-electron chi connectivity index (χ1n) is 5.91. The molecule has 1 saturated heterocycles. The number of aromatic nitrogens is 2. The summed E-state index contributed by atoms with van der Waals surface area (Å²) in [7, 11) is 1.63. The highest BCUT2D eigenvalue weighted by atomic mass is 16.5. The standard InChI is InChI=1S/C11H16N4O4/c1-19-9-2-3-14(6-9)11(18)13-8-4-12-15(5-8)7-10(16)17/h4-5,9H,2-3,6-7H2,1H3,(H,13,18)(H,16,17). The average Bonchev–Trinajstić information content (AvgIpc) is 2.97. The third kappa shape index (κ3) is 3.44. The summed E-state index contributed by atoms with van der Waals surface area (Å²) in [6.07, 6.45) is 3.81. The Bertz CT molecular complexity index is 473. The van der Waals surface area contributed by atoms with Crippen LogP contribution in [0.2, 0.25) is 0 Å². The molecule has 1 unspecified atom stereocenters. The maximum absolute atomic E-state index is 11.9. The molecule has 104 valence electrons. The van der Waals surface area contributed by atoms with Gasteiger partial charge in [0.05, 0.1) is 18.0 Å². The molecule has 2 amide bonds. The lowest BCUT2D eigenvalue weighted by atomic mass is 10.3. The SMILES string of the molecule is COC1CCN(C(=O)Nc2cnn(CC(=O)O)c2)C1. The van der Waals surface area contributed by atoms with Crippen LogP contribution in [-0.2, 0) is 16.1 Å². The minimum Gasteiger partial charge on any atom is -0.480 e. The second-order valence-corrected chi connectivity index (χ2v) is 4.34. The van der Waals surface area contributed by atoms with E-state index in [0.717, 1.165) is 6.42 Å². The molecule has 2 heterocycles. The molecule has 0 saturated carbocycles. The van der Waals surface area contributed by atoms with Crippen LogP contribution in [0.1, 0.15) is 6.42 Å². The van der Waals surface area contributed by atoms with E-state index in [2.05, 4.69) is 10.4 Å². The minimum absolute atomic E-state index is 0.0838.